The first-order chi connectivity index (χ1) is 6.29. The molecule has 1 aromatic rings. The number of carbonyl (C=O) groups is 1. The van der Waals surface area contributed by atoms with Gasteiger partial charge in [-0.3, -0.25) is 9.78 Å². The van der Waals surface area contributed by atoms with Crippen LogP contribution in [0.25, 0.3) is 5.57 Å². The molecule has 0 aromatic carbocycles. The van der Waals surface area contributed by atoms with Crippen molar-refractivity contribution in [3.05, 3.63) is 35.1 Å². The summed E-state index contributed by atoms with van der Waals surface area (Å²) in [7, 11) is 0. The minimum absolute atomic E-state index is 0.0706. The van der Waals surface area contributed by atoms with Crippen molar-refractivity contribution in [2.75, 3.05) is 5.75 Å². The number of pyridine rings is 1. The quantitative estimate of drug-likeness (QED) is 0.722. The fourth-order valence-electron chi connectivity index (χ4n) is 1.20. The van der Waals surface area contributed by atoms with Crippen LogP contribution in [0.2, 0.25) is 0 Å². The summed E-state index contributed by atoms with van der Waals surface area (Å²) in [5.41, 5.74) is 6.93. The number of thioether (sulfide) groups is 1. The van der Waals surface area contributed by atoms with Gasteiger partial charge >= 0.3 is 0 Å². The monoisotopic (exact) mass is 192 g/mol. The lowest BCUT2D eigenvalue weighted by atomic mass is 10.1. The highest BCUT2D eigenvalue weighted by Gasteiger charge is 2.23. The summed E-state index contributed by atoms with van der Waals surface area (Å²) in [6.07, 6.45) is 1.66. The van der Waals surface area contributed by atoms with E-state index >= 15 is 0 Å². The van der Waals surface area contributed by atoms with Gasteiger partial charge in [0.2, 0.25) is 0 Å². The third kappa shape index (κ3) is 1.45. The lowest BCUT2D eigenvalue weighted by molar-refractivity contribution is -0.111. The minimum atomic E-state index is 0.0706. The molecule has 0 bridgehead atoms. The summed E-state index contributed by atoms with van der Waals surface area (Å²) in [5, 5.41) is 0.587. The Morgan fingerprint density at radius 3 is 2.85 bits per heavy atom. The molecule has 0 spiro atoms. The van der Waals surface area contributed by atoms with E-state index in [1.807, 2.05) is 12.1 Å². The zero-order chi connectivity index (χ0) is 9.26. The number of hydrogen-bond donors (Lipinski definition) is 1. The molecule has 0 saturated carbocycles. The normalized spacial score (nSPS) is 16.8. The Kier molecular flexibility index (Phi) is 2.06. The van der Waals surface area contributed by atoms with Gasteiger partial charge in [-0.25, -0.2) is 0 Å². The van der Waals surface area contributed by atoms with Crippen molar-refractivity contribution >= 4 is 23.1 Å². The second kappa shape index (κ2) is 3.22. The molecule has 0 radical (unpaired) electrons. The number of nitrogens with two attached hydrogens (primary N) is 1. The molecule has 0 amide bonds. The minimum Gasteiger partial charge on any atom is -0.393 e. The summed E-state index contributed by atoms with van der Waals surface area (Å²) < 4.78 is 0. The van der Waals surface area contributed by atoms with Gasteiger partial charge in [-0.15, -0.1) is 0 Å². The number of ketones is 1. The first-order valence-corrected chi connectivity index (χ1v) is 4.85. The van der Waals surface area contributed by atoms with Crippen LogP contribution in [-0.2, 0) is 4.79 Å². The molecule has 2 N–H and O–H groups in total. The van der Waals surface area contributed by atoms with Crippen LogP contribution in [-0.4, -0.2) is 16.5 Å². The molecule has 1 aliphatic rings. The highest BCUT2D eigenvalue weighted by molar-refractivity contribution is 8.04. The summed E-state index contributed by atoms with van der Waals surface area (Å²) in [4.78, 5) is 15.5. The van der Waals surface area contributed by atoms with Gasteiger partial charge in [0.05, 0.1) is 22.0 Å². The zero-order valence-corrected chi connectivity index (χ0v) is 7.67. The highest BCUT2D eigenvalue weighted by Crippen LogP contribution is 2.30. The van der Waals surface area contributed by atoms with Gasteiger partial charge in [0.25, 0.3) is 0 Å². The van der Waals surface area contributed by atoms with Crippen molar-refractivity contribution in [2.24, 2.45) is 5.73 Å². The molecule has 13 heavy (non-hydrogen) atoms. The predicted molar refractivity (Wildman–Crippen MR) is 52.8 cm³/mol. The van der Waals surface area contributed by atoms with E-state index in [-0.39, 0.29) is 5.78 Å². The van der Waals surface area contributed by atoms with Gasteiger partial charge in [0, 0.05) is 6.20 Å². The molecule has 0 unspecified atom stereocenters. The molecular weight excluding hydrogens is 184 g/mol. The van der Waals surface area contributed by atoms with E-state index in [1.54, 1.807) is 12.3 Å². The summed E-state index contributed by atoms with van der Waals surface area (Å²) in [6, 6.07) is 5.46. The van der Waals surface area contributed by atoms with E-state index in [9.17, 15) is 4.79 Å². The summed E-state index contributed by atoms with van der Waals surface area (Å²) >= 11 is 1.38. The Balaban J connectivity index is 2.47. The molecule has 2 heterocycles. The van der Waals surface area contributed by atoms with Crippen molar-refractivity contribution in [3.63, 3.8) is 0 Å². The van der Waals surface area contributed by atoms with Gasteiger partial charge in [0.1, 0.15) is 0 Å². The first-order valence-electron chi connectivity index (χ1n) is 3.86. The molecular formula is C9H8N2OS. The van der Waals surface area contributed by atoms with Crippen LogP contribution in [0.4, 0.5) is 0 Å². The van der Waals surface area contributed by atoms with Crippen LogP contribution in [0.1, 0.15) is 5.69 Å². The maximum absolute atomic E-state index is 11.4. The molecule has 2 rings (SSSR count). The van der Waals surface area contributed by atoms with Gasteiger partial charge in [-0.05, 0) is 12.1 Å². The maximum atomic E-state index is 11.4. The van der Waals surface area contributed by atoms with Gasteiger partial charge in [-0.2, -0.15) is 0 Å². The smallest absolute Gasteiger partial charge is 0.177 e. The Labute approximate surface area is 80.0 Å². The zero-order valence-electron chi connectivity index (χ0n) is 6.86. The standard InChI is InChI=1S/C9H8N2OS/c10-9-8(7(12)5-13-9)6-3-1-2-4-11-6/h1-4H,5,10H2. The van der Waals surface area contributed by atoms with Crippen LogP contribution in [0.5, 0.6) is 0 Å². The number of carbonyl (C=O) groups excluding carboxylic acids is 1. The number of rotatable bonds is 1. The molecule has 0 aliphatic carbocycles. The van der Waals surface area contributed by atoms with E-state index in [0.717, 1.165) is 0 Å². The average molecular weight is 192 g/mol. The average Bonchev–Trinajstić information content (AvgIpc) is 2.48. The molecule has 3 nitrogen and oxygen atoms in total. The maximum Gasteiger partial charge on any atom is 0.177 e. The lowest BCUT2D eigenvalue weighted by Crippen LogP contribution is -2.02. The Morgan fingerprint density at radius 2 is 2.31 bits per heavy atom. The Morgan fingerprint density at radius 1 is 1.46 bits per heavy atom. The molecule has 0 saturated heterocycles. The van der Waals surface area contributed by atoms with Crippen LogP contribution >= 0.6 is 11.8 Å². The summed E-state index contributed by atoms with van der Waals surface area (Å²) in [5.74, 6) is 0.513. The van der Waals surface area contributed by atoms with Crippen molar-refractivity contribution in [1.29, 1.82) is 0 Å². The van der Waals surface area contributed by atoms with E-state index in [0.29, 0.717) is 22.0 Å². The fraction of sp³-hybridized carbons (Fsp3) is 0.111. The number of Topliss-reactive ketones (excluding diaryl/α,β-unsaturated/α-hetero) is 1. The van der Waals surface area contributed by atoms with E-state index in [1.165, 1.54) is 11.8 Å². The highest BCUT2D eigenvalue weighted by atomic mass is 32.2. The van der Waals surface area contributed by atoms with E-state index in [4.69, 9.17) is 5.73 Å². The van der Waals surface area contributed by atoms with Crippen LogP contribution in [0.15, 0.2) is 29.4 Å². The number of nitrogens with zero attached hydrogens (tertiary/aromatic N) is 1. The molecule has 0 atom stereocenters. The number of aromatic nitrogens is 1. The van der Waals surface area contributed by atoms with Gasteiger partial charge < -0.3 is 5.73 Å². The second-order valence-electron chi connectivity index (χ2n) is 2.67. The van der Waals surface area contributed by atoms with Crippen LogP contribution in [0, 0.1) is 0 Å². The van der Waals surface area contributed by atoms with Crippen molar-refractivity contribution in [1.82, 2.24) is 4.98 Å². The molecule has 0 fully saturated rings. The van der Waals surface area contributed by atoms with Crippen molar-refractivity contribution in [2.45, 2.75) is 0 Å². The number of allylic oxidation sites excluding steroid dienone is 1. The van der Waals surface area contributed by atoms with E-state index < -0.39 is 0 Å². The SMILES string of the molecule is NC1=C(c2ccccn2)C(=O)CS1. The van der Waals surface area contributed by atoms with Gasteiger partial charge in [0.15, 0.2) is 5.78 Å². The second-order valence-corrected chi connectivity index (χ2v) is 3.68. The molecule has 4 heteroatoms. The van der Waals surface area contributed by atoms with Crippen LogP contribution < -0.4 is 5.73 Å². The number of hydrogen-bond acceptors (Lipinski definition) is 4. The Bertz CT molecular complexity index is 372. The summed E-state index contributed by atoms with van der Waals surface area (Å²) in [6.45, 7) is 0. The lowest BCUT2D eigenvalue weighted by Gasteiger charge is -1.99. The first kappa shape index (κ1) is 8.31. The van der Waals surface area contributed by atoms with Gasteiger partial charge in [-0.1, -0.05) is 17.8 Å². The molecule has 1 aliphatic heterocycles. The Hall–Kier alpha value is -1.29. The van der Waals surface area contributed by atoms with E-state index in [2.05, 4.69) is 4.98 Å². The fourth-order valence-corrected chi connectivity index (χ4v) is 2.00. The third-order valence-electron chi connectivity index (χ3n) is 1.81. The topological polar surface area (TPSA) is 56.0 Å². The largest absolute Gasteiger partial charge is 0.393 e. The third-order valence-corrected chi connectivity index (χ3v) is 2.73. The van der Waals surface area contributed by atoms with Crippen molar-refractivity contribution in [3.8, 4) is 0 Å². The van der Waals surface area contributed by atoms with Crippen LogP contribution in [0.3, 0.4) is 0 Å². The molecule has 1 aromatic heterocycles. The van der Waals surface area contributed by atoms with Crippen molar-refractivity contribution < 1.29 is 4.79 Å². The predicted octanol–water partition coefficient (Wildman–Crippen LogP) is 1.02. The molecule has 66 valence electrons.